The molecule has 1 aliphatic rings. The number of rotatable bonds is 7. The van der Waals surface area contributed by atoms with Gasteiger partial charge in [0.2, 0.25) is 12.7 Å². The first-order valence-corrected chi connectivity index (χ1v) is 10.7. The van der Waals surface area contributed by atoms with Gasteiger partial charge in [-0.15, -0.1) is 10.2 Å². The van der Waals surface area contributed by atoms with E-state index in [1.807, 2.05) is 50.6 Å². The molecule has 1 amide bonds. The minimum atomic E-state index is -0.374. The van der Waals surface area contributed by atoms with Crippen molar-refractivity contribution < 1.29 is 19.0 Å². The van der Waals surface area contributed by atoms with Crippen LogP contribution >= 0.6 is 11.8 Å². The first-order valence-electron chi connectivity index (χ1n) is 9.87. The van der Waals surface area contributed by atoms with Crippen molar-refractivity contribution in [2.24, 2.45) is 7.05 Å². The lowest BCUT2D eigenvalue weighted by Crippen LogP contribution is -2.22. The Bertz CT molecular complexity index is 1090. The number of carbonyl (C=O) groups excluding carboxylic acids is 1. The molecule has 0 saturated carbocycles. The lowest BCUT2D eigenvalue weighted by molar-refractivity contribution is -0.115. The Labute approximate surface area is 184 Å². The van der Waals surface area contributed by atoms with Gasteiger partial charge < -0.3 is 24.1 Å². The van der Waals surface area contributed by atoms with Gasteiger partial charge in [0.1, 0.15) is 12.4 Å². The number of aromatic nitrogens is 3. The van der Waals surface area contributed by atoms with Crippen LogP contribution in [-0.4, -0.2) is 32.7 Å². The van der Waals surface area contributed by atoms with Gasteiger partial charge >= 0.3 is 0 Å². The SMILES string of the molecule is Cc1cccc(C)c1OCc1nnc(S[C@@H](C)C(=O)Nc2ccc3c(c2)OCO3)n1C. The molecule has 1 aliphatic heterocycles. The van der Waals surface area contributed by atoms with E-state index in [1.165, 1.54) is 11.8 Å². The lowest BCUT2D eigenvalue weighted by atomic mass is 10.1. The van der Waals surface area contributed by atoms with Crippen molar-refractivity contribution in [1.82, 2.24) is 14.8 Å². The van der Waals surface area contributed by atoms with E-state index in [-0.39, 0.29) is 18.0 Å². The van der Waals surface area contributed by atoms with E-state index in [1.54, 1.807) is 18.2 Å². The number of para-hydroxylation sites is 1. The molecule has 1 N–H and O–H groups in total. The summed E-state index contributed by atoms with van der Waals surface area (Å²) in [6.45, 7) is 6.35. The molecule has 3 aromatic rings. The topological polar surface area (TPSA) is 87.5 Å². The molecule has 0 radical (unpaired) electrons. The molecule has 0 aliphatic carbocycles. The number of nitrogens with zero attached hydrogens (tertiary/aromatic N) is 3. The van der Waals surface area contributed by atoms with Crippen LogP contribution in [0.5, 0.6) is 17.2 Å². The zero-order chi connectivity index (χ0) is 22.0. The Hall–Kier alpha value is -3.20. The highest BCUT2D eigenvalue weighted by Gasteiger charge is 2.21. The van der Waals surface area contributed by atoms with Crippen LogP contribution < -0.4 is 19.5 Å². The van der Waals surface area contributed by atoms with Crippen LogP contribution in [0.1, 0.15) is 23.9 Å². The maximum atomic E-state index is 12.6. The van der Waals surface area contributed by atoms with E-state index in [0.29, 0.717) is 34.8 Å². The Kier molecular flexibility index (Phi) is 6.03. The van der Waals surface area contributed by atoms with E-state index in [0.717, 1.165) is 16.9 Å². The van der Waals surface area contributed by atoms with Gasteiger partial charge in [-0.2, -0.15) is 0 Å². The van der Waals surface area contributed by atoms with Gasteiger partial charge in [-0.25, -0.2) is 0 Å². The van der Waals surface area contributed by atoms with Crippen molar-refractivity contribution in [2.75, 3.05) is 12.1 Å². The minimum Gasteiger partial charge on any atom is -0.485 e. The van der Waals surface area contributed by atoms with E-state index in [9.17, 15) is 4.79 Å². The summed E-state index contributed by atoms with van der Waals surface area (Å²) < 4.78 is 18.5. The second-order valence-electron chi connectivity index (χ2n) is 7.28. The third-order valence-corrected chi connectivity index (χ3v) is 6.10. The summed E-state index contributed by atoms with van der Waals surface area (Å²) in [6, 6.07) is 11.4. The average molecular weight is 441 g/mol. The first kappa shape index (κ1) is 21.0. The molecular weight excluding hydrogens is 416 g/mol. The Balaban J connectivity index is 1.37. The summed E-state index contributed by atoms with van der Waals surface area (Å²) >= 11 is 1.34. The first-order chi connectivity index (χ1) is 14.9. The molecule has 0 unspecified atom stereocenters. The smallest absolute Gasteiger partial charge is 0.237 e. The number of thioether (sulfide) groups is 1. The third-order valence-electron chi connectivity index (χ3n) is 4.97. The fourth-order valence-electron chi connectivity index (χ4n) is 3.17. The van der Waals surface area contributed by atoms with Crippen LogP contribution in [0.25, 0.3) is 0 Å². The molecule has 8 nitrogen and oxygen atoms in total. The lowest BCUT2D eigenvalue weighted by Gasteiger charge is -2.13. The number of anilines is 1. The highest BCUT2D eigenvalue weighted by atomic mass is 32.2. The molecule has 9 heteroatoms. The zero-order valence-electron chi connectivity index (χ0n) is 17.8. The Morgan fingerprint density at radius 2 is 1.94 bits per heavy atom. The molecule has 2 aromatic carbocycles. The number of nitrogens with one attached hydrogen (secondary N) is 1. The number of aryl methyl sites for hydroxylation is 2. The standard InChI is InChI=1S/C22H24N4O4S/c1-13-6-5-7-14(2)20(13)28-11-19-24-25-22(26(19)4)31-15(3)21(27)23-16-8-9-17-18(10-16)30-12-29-17/h5-10,15H,11-12H2,1-4H3,(H,23,27)/t15-/m0/s1. The van der Waals surface area contributed by atoms with Gasteiger partial charge in [0.15, 0.2) is 22.5 Å². The molecule has 2 heterocycles. The van der Waals surface area contributed by atoms with Gasteiger partial charge in [-0.3, -0.25) is 4.79 Å². The van der Waals surface area contributed by atoms with Crippen molar-refractivity contribution in [1.29, 1.82) is 0 Å². The molecule has 0 bridgehead atoms. The number of amides is 1. The second kappa shape index (κ2) is 8.89. The van der Waals surface area contributed by atoms with Crippen molar-refractivity contribution in [3.63, 3.8) is 0 Å². The van der Waals surface area contributed by atoms with Crippen LogP contribution in [0, 0.1) is 13.8 Å². The van der Waals surface area contributed by atoms with E-state index < -0.39 is 0 Å². The number of hydrogen-bond acceptors (Lipinski definition) is 7. The summed E-state index contributed by atoms with van der Waals surface area (Å²) in [4.78, 5) is 12.6. The van der Waals surface area contributed by atoms with E-state index in [4.69, 9.17) is 14.2 Å². The van der Waals surface area contributed by atoms with Crippen LogP contribution in [0.4, 0.5) is 5.69 Å². The predicted molar refractivity (Wildman–Crippen MR) is 118 cm³/mol. The molecule has 0 fully saturated rings. The monoisotopic (exact) mass is 440 g/mol. The summed E-state index contributed by atoms with van der Waals surface area (Å²) in [5.41, 5.74) is 2.80. The minimum absolute atomic E-state index is 0.139. The second-order valence-corrected chi connectivity index (χ2v) is 8.59. The molecule has 31 heavy (non-hydrogen) atoms. The third kappa shape index (κ3) is 4.61. The summed E-state index contributed by atoms with van der Waals surface area (Å²) in [5.74, 6) is 2.71. The highest BCUT2D eigenvalue weighted by Crippen LogP contribution is 2.34. The van der Waals surface area contributed by atoms with Gasteiger partial charge in [0.05, 0.1) is 5.25 Å². The molecular formula is C22H24N4O4S. The fraction of sp³-hybridized carbons (Fsp3) is 0.318. The number of carbonyl (C=O) groups is 1. The number of ether oxygens (including phenoxy) is 3. The summed E-state index contributed by atoms with van der Waals surface area (Å²) in [7, 11) is 1.87. The Morgan fingerprint density at radius 3 is 2.71 bits per heavy atom. The maximum Gasteiger partial charge on any atom is 0.237 e. The average Bonchev–Trinajstić information content (AvgIpc) is 3.34. The highest BCUT2D eigenvalue weighted by molar-refractivity contribution is 8.00. The van der Waals surface area contributed by atoms with Crippen LogP contribution in [0.15, 0.2) is 41.6 Å². The van der Waals surface area contributed by atoms with E-state index >= 15 is 0 Å². The van der Waals surface area contributed by atoms with E-state index in [2.05, 4.69) is 15.5 Å². The van der Waals surface area contributed by atoms with Crippen LogP contribution in [0.3, 0.4) is 0 Å². The zero-order valence-corrected chi connectivity index (χ0v) is 18.7. The number of hydrogen-bond donors (Lipinski definition) is 1. The number of benzene rings is 2. The van der Waals surface area contributed by atoms with Gasteiger partial charge in [-0.05, 0) is 44.0 Å². The molecule has 1 atom stereocenters. The number of fused-ring (bicyclic) bond motifs is 1. The van der Waals surface area contributed by atoms with Gasteiger partial charge in [-0.1, -0.05) is 30.0 Å². The van der Waals surface area contributed by atoms with Crippen LogP contribution in [0.2, 0.25) is 0 Å². The van der Waals surface area contributed by atoms with Crippen LogP contribution in [-0.2, 0) is 18.4 Å². The summed E-state index contributed by atoms with van der Waals surface area (Å²) in [6.07, 6.45) is 0. The van der Waals surface area contributed by atoms with Crippen molar-refractivity contribution in [2.45, 2.75) is 37.8 Å². The van der Waals surface area contributed by atoms with Gasteiger partial charge in [0, 0.05) is 18.8 Å². The normalized spacial score (nSPS) is 13.2. The summed E-state index contributed by atoms with van der Waals surface area (Å²) in [5, 5.41) is 11.6. The quantitative estimate of drug-likeness (QED) is 0.558. The van der Waals surface area contributed by atoms with Crippen molar-refractivity contribution in [3.05, 3.63) is 53.3 Å². The molecule has 1 aromatic heterocycles. The fourth-order valence-corrected chi connectivity index (χ4v) is 4.00. The largest absolute Gasteiger partial charge is 0.485 e. The van der Waals surface area contributed by atoms with Crippen molar-refractivity contribution in [3.8, 4) is 17.2 Å². The Morgan fingerprint density at radius 1 is 1.19 bits per heavy atom. The predicted octanol–water partition coefficient (Wildman–Crippen LogP) is 3.86. The molecule has 0 spiro atoms. The molecule has 4 rings (SSSR count). The maximum absolute atomic E-state index is 12.6. The molecule has 162 valence electrons. The van der Waals surface area contributed by atoms with Gasteiger partial charge in [0.25, 0.3) is 0 Å². The molecule has 0 saturated heterocycles. The van der Waals surface area contributed by atoms with Crippen molar-refractivity contribution >= 4 is 23.4 Å².